The molecular formula is C17H15BrN2O4. The Balaban J connectivity index is 2.21. The van der Waals surface area contributed by atoms with Gasteiger partial charge in [0, 0.05) is 35.5 Å². The van der Waals surface area contributed by atoms with E-state index in [0.29, 0.717) is 11.1 Å². The predicted octanol–water partition coefficient (Wildman–Crippen LogP) is 3.81. The molecule has 0 aliphatic heterocycles. The molecule has 1 atom stereocenters. The first kappa shape index (κ1) is 17.8. The Kier molecular flexibility index (Phi) is 5.81. The number of carbonyl (C=O) groups excluding carboxylic acids is 2. The van der Waals surface area contributed by atoms with Crippen molar-refractivity contribution in [1.29, 1.82) is 0 Å². The van der Waals surface area contributed by atoms with Gasteiger partial charge in [0.2, 0.25) is 5.91 Å². The fourth-order valence-corrected chi connectivity index (χ4v) is 2.53. The minimum Gasteiger partial charge on any atom is -0.349 e. The lowest BCUT2D eigenvalue weighted by Gasteiger charge is -2.17. The Morgan fingerprint density at radius 2 is 1.71 bits per heavy atom. The van der Waals surface area contributed by atoms with Crippen molar-refractivity contribution in [2.45, 2.75) is 19.4 Å². The standard InChI is InChI=1S/C17H15BrN2O4/c1-11(21)19-16(12-4-8-15(9-5-12)20(23)24)10-17(22)13-2-6-14(18)7-3-13/h2-9,16H,10H2,1H3,(H,19,21). The number of nitrogens with zero attached hydrogens (tertiary/aromatic N) is 1. The Labute approximate surface area is 147 Å². The molecule has 0 radical (unpaired) electrons. The lowest BCUT2D eigenvalue weighted by molar-refractivity contribution is -0.384. The Morgan fingerprint density at radius 1 is 1.12 bits per heavy atom. The minimum atomic E-state index is -0.542. The SMILES string of the molecule is CC(=O)NC(CC(=O)c1ccc(Br)cc1)c1ccc([N+](=O)[O-])cc1. The van der Waals surface area contributed by atoms with Crippen LogP contribution in [0.5, 0.6) is 0 Å². The summed E-state index contributed by atoms with van der Waals surface area (Å²) in [6.07, 6.45) is 0.0685. The van der Waals surface area contributed by atoms with E-state index in [-0.39, 0.29) is 23.8 Å². The normalized spacial score (nSPS) is 11.6. The Morgan fingerprint density at radius 3 is 2.21 bits per heavy atom. The summed E-state index contributed by atoms with van der Waals surface area (Å²) in [4.78, 5) is 34.1. The zero-order chi connectivity index (χ0) is 17.7. The summed E-state index contributed by atoms with van der Waals surface area (Å²) < 4.78 is 0.868. The van der Waals surface area contributed by atoms with E-state index in [2.05, 4.69) is 21.2 Å². The maximum absolute atomic E-state index is 12.4. The van der Waals surface area contributed by atoms with E-state index >= 15 is 0 Å². The van der Waals surface area contributed by atoms with Crippen molar-refractivity contribution in [2.24, 2.45) is 0 Å². The number of nitro benzene ring substituents is 1. The fraction of sp³-hybridized carbons (Fsp3) is 0.176. The fourth-order valence-electron chi connectivity index (χ4n) is 2.26. The van der Waals surface area contributed by atoms with Gasteiger partial charge in [0.1, 0.15) is 0 Å². The summed E-state index contributed by atoms with van der Waals surface area (Å²) in [5.41, 5.74) is 1.14. The zero-order valence-corrected chi connectivity index (χ0v) is 14.4. The van der Waals surface area contributed by atoms with Crippen molar-refractivity contribution in [3.8, 4) is 0 Å². The number of hydrogen-bond donors (Lipinski definition) is 1. The van der Waals surface area contributed by atoms with Gasteiger partial charge in [-0.1, -0.05) is 40.2 Å². The maximum atomic E-state index is 12.4. The number of hydrogen-bond acceptors (Lipinski definition) is 4. The number of carbonyl (C=O) groups is 2. The number of nitro groups is 1. The lowest BCUT2D eigenvalue weighted by atomic mass is 9.97. The highest BCUT2D eigenvalue weighted by molar-refractivity contribution is 9.10. The van der Waals surface area contributed by atoms with Crippen LogP contribution in [0.2, 0.25) is 0 Å². The highest BCUT2D eigenvalue weighted by Gasteiger charge is 2.19. The van der Waals surface area contributed by atoms with E-state index in [1.54, 1.807) is 36.4 Å². The van der Waals surface area contributed by atoms with Crippen LogP contribution in [0.4, 0.5) is 5.69 Å². The summed E-state index contributed by atoms with van der Waals surface area (Å²) in [7, 11) is 0. The highest BCUT2D eigenvalue weighted by Crippen LogP contribution is 2.23. The van der Waals surface area contributed by atoms with Crippen LogP contribution in [-0.2, 0) is 4.79 Å². The summed E-state index contributed by atoms with van der Waals surface area (Å²) >= 11 is 3.31. The first-order valence-corrected chi connectivity index (χ1v) is 7.96. The maximum Gasteiger partial charge on any atom is 0.269 e. The monoisotopic (exact) mass is 390 g/mol. The van der Waals surface area contributed by atoms with Crippen LogP contribution >= 0.6 is 15.9 Å². The van der Waals surface area contributed by atoms with Gasteiger partial charge in [-0.15, -0.1) is 0 Å². The van der Waals surface area contributed by atoms with E-state index in [1.807, 2.05) is 0 Å². The predicted molar refractivity (Wildman–Crippen MR) is 92.7 cm³/mol. The molecule has 0 aliphatic rings. The highest BCUT2D eigenvalue weighted by atomic mass is 79.9. The van der Waals surface area contributed by atoms with Crippen LogP contribution in [0.1, 0.15) is 35.3 Å². The molecule has 0 fully saturated rings. The van der Waals surface area contributed by atoms with E-state index in [4.69, 9.17) is 0 Å². The number of nitrogens with one attached hydrogen (secondary N) is 1. The molecule has 0 heterocycles. The van der Waals surface area contributed by atoms with Crippen molar-refractivity contribution >= 4 is 33.3 Å². The number of Topliss-reactive ketones (excluding diaryl/α,β-unsaturated/α-hetero) is 1. The first-order chi connectivity index (χ1) is 11.4. The number of rotatable bonds is 6. The molecule has 124 valence electrons. The van der Waals surface area contributed by atoms with Crippen molar-refractivity contribution in [3.63, 3.8) is 0 Å². The number of non-ortho nitro benzene ring substituents is 1. The van der Waals surface area contributed by atoms with Gasteiger partial charge < -0.3 is 5.32 Å². The zero-order valence-electron chi connectivity index (χ0n) is 12.9. The van der Waals surface area contributed by atoms with Crippen molar-refractivity contribution in [1.82, 2.24) is 5.32 Å². The number of amides is 1. The molecule has 0 bridgehead atoms. The third kappa shape index (κ3) is 4.73. The molecule has 2 rings (SSSR count). The molecule has 2 aromatic carbocycles. The number of ketones is 1. The molecule has 0 spiro atoms. The van der Waals surface area contributed by atoms with Crippen LogP contribution in [0.15, 0.2) is 53.0 Å². The molecule has 1 amide bonds. The smallest absolute Gasteiger partial charge is 0.269 e. The number of benzene rings is 2. The topological polar surface area (TPSA) is 89.3 Å². The third-order valence-electron chi connectivity index (χ3n) is 3.44. The van der Waals surface area contributed by atoms with Crippen molar-refractivity contribution in [3.05, 3.63) is 74.2 Å². The Bertz CT molecular complexity index is 757. The molecule has 0 saturated heterocycles. The van der Waals surface area contributed by atoms with Crippen molar-refractivity contribution in [2.75, 3.05) is 0 Å². The molecular weight excluding hydrogens is 376 g/mol. The molecule has 0 aromatic heterocycles. The average Bonchev–Trinajstić information content (AvgIpc) is 2.54. The third-order valence-corrected chi connectivity index (χ3v) is 3.97. The van der Waals surface area contributed by atoms with Gasteiger partial charge in [0.05, 0.1) is 11.0 Å². The van der Waals surface area contributed by atoms with Gasteiger partial charge in [-0.3, -0.25) is 19.7 Å². The molecule has 1 N–H and O–H groups in total. The van der Waals surface area contributed by atoms with Crippen LogP contribution in [0, 0.1) is 10.1 Å². The molecule has 0 saturated carbocycles. The van der Waals surface area contributed by atoms with Gasteiger partial charge in [-0.25, -0.2) is 0 Å². The molecule has 0 aliphatic carbocycles. The summed E-state index contributed by atoms with van der Waals surface area (Å²) in [5.74, 6) is -0.401. The van der Waals surface area contributed by atoms with Gasteiger partial charge in [0.15, 0.2) is 5.78 Å². The summed E-state index contributed by atoms with van der Waals surface area (Å²) in [6, 6.07) is 12.2. The Hall–Kier alpha value is -2.54. The van der Waals surface area contributed by atoms with Crippen LogP contribution in [-0.4, -0.2) is 16.6 Å². The summed E-state index contributed by atoms with van der Waals surface area (Å²) in [6.45, 7) is 1.36. The van der Waals surface area contributed by atoms with Crippen LogP contribution in [0.3, 0.4) is 0 Å². The molecule has 7 heteroatoms. The largest absolute Gasteiger partial charge is 0.349 e. The van der Waals surface area contributed by atoms with E-state index in [9.17, 15) is 19.7 Å². The lowest BCUT2D eigenvalue weighted by Crippen LogP contribution is -2.28. The molecule has 24 heavy (non-hydrogen) atoms. The van der Waals surface area contributed by atoms with Crippen molar-refractivity contribution < 1.29 is 14.5 Å². The average molecular weight is 391 g/mol. The van der Waals surface area contributed by atoms with E-state index in [1.165, 1.54) is 19.1 Å². The quantitative estimate of drug-likeness (QED) is 0.461. The number of halogens is 1. The van der Waals surface area contributed by atoms with Gasteiger partial charge >= 0.3 is 0 Å². The minimum absolute atomic E-state index is 0.0421. The molecule has 6 nitrogen and oxygen atoms in total. The second-order valence-corrected chi connectivity index (χ2v) is 6.15. The van der Waals surface area contributed by atoms with Gasteiger partial charge in [-0.05, 0) is 17.7 Å². The van der Waals surface area contributed by atoms with Crippen LogP contribution < -0.4 is 5.32 Å². The molecule has 2 aromatic rings. The van der Waals surface area contributed by atoms with Gasteiger partial charge in [0.25, 0.3) is 5.69 Å². The van der Waals surface area contributed by atoms with Crippen LogP contribution in [0.25, 0.3) is 0 Å². The van der Waals surface area contributed by atoms with E-state index < -0.39 is 11.0 Å². The first-order valence-electron chi connectivity index (χ1n) is 7.17. The van der Waals surface area contributed by atoms with Gasteiger partial charge in [-0.2, -0.15) is 0 Å². The second-order valence-electron chi connectivity index (χ2n) is 5.24. The molecule has 1 unspecified atom stereocenters. The summed E-state index contributed by atoms with van der Waals surface area (Å²) in [5, 5.41) is 13.4. The van der Waals surface area contributed by atoms with E-state index in [0.717, 1.165) is 4.47 Å². The second kappa shape index (κ2) is 7.83.